The lowest BCUT2D eigenvalue weighted by molar-refractivity contribution is 0.413. The largest absolute Gasteiger partial charge is 0.497 e. The van der Waals surface area contributed by atoms with Gasteiger partial charge in [0.1, 0.15) is 11.8 Å². The molecule has 0 aliphatic rings. The fourth-order valence-electron chi connectivity index (χ4n) is 1.92. The predicted octanol–water partition coefficient (Wildman–Crippen LogP) is 3.83. The van der Waals surface area contributed by atoms with Gasteiger partial charge < -0.3 is 10.1 Å². The zero-order chi connectivity index (χ0) is 15.1. The molecular weight excluding hydrogens is 280 g/mol. The van der Waals surface area contributed by atoms with Gasteiger partial charge in [-0.05, 0) is 42.4 Å². The van der Waals surface area contributed by atoms with Crippen molar-refractivity contribution in [3.63, 3.8) is 0 Å². The quantitative estimate of drug-likeness (QED) is 0.880. The maximum absolute atomic E-state index is 9.34. The van der Waals surface area contributed by atoms with E-state index in [1.165, 1.54) is 0 Å². The van der Waals surface area contributed by atoms with Crippen LogP contribution in [0.5, 0.6) is 5.75 Å². The number of ether oxygens (including phenoxy) is 1. The van der Waals surface area contributed by atoms with Crippen molar-refractivity contribution >= 4 is 11.8 Å². The molecule has 2 aromatic carbocycles. The molecule has 0 saturated carbocycles. The molecule has 0 unspecified atom stereocenters. The van der Waals surface area contributed by atoms with Crippen LogP contribution in [0, 0.1) is 11.3 Å². The normalized spacial score (nSPS) is 10.1. The summed E-state index contributed by atoms with van der Waals surface area (Å²) in [6, 6.07) is 16.1. The van der Waals surface area contributed by atoms with Crippen LogP contribution in [0.3, 0.4) is 0 Å². The second-order valence-electron chi connectivity index (χ2n) is 4.50. The molecule has 1 N–H and O–H groups in total. The first-order valence-electron chi connectivity index (χ1n) is 6.82. The zero-order valence-corrected chi connectivity index (χ0v) is 13.0. The van der Waals surface area contributed by atoms with Crippen molar-refractivity contribution in [3.05, 3.63) is 53.6 Å². The van der Waals surface area contributed by atoms with Crippen molar-refractivity contribution in [3.8, 4) is 11.8 Å². The molecule has 0 atom stereocenters. The third kappa shape index (κ3) is 4.25. The molecule has 0 saturated heterocycles. The summed E-state index contributed by atoms with van der Waals surface area (Å²) in [5.74, 6) is 0.822. The number of hydrogen-bond acceptors (Lipinski definition) is 4. The van der Waals surface area contributed by atoms with E-state index in [0.29, 0.717) is 5.56 Å². The monoisotopic (exact) mass is 298 g/mol. The van der Waals surface area contributed by atoms with Crippen LogP contribution in [0.1, 0.15) is 18.1 Å². The molecule has 0 aliphatic heterocycles. The van der Waals surface area contributed by atoms with Crippen molar-refractivity contribution in [2.45, 2.75) is 23.3 Å². The van der Waals surface area contributed by atoms with Crippen LogP contribution >= 0.6 is 11.8 Å². The van der Waals surface area contributed by atoms with E-state index in [4.69, 9.17) is 4.74 Å². The highest BCUT2D eigenvalue weighted by molar-refractivity contribution is 7.99. The predicted molar refractivity (Wildman–Crippen MR) is 85.7 cm³/mol. The van der Waals surface area contributed by atoms with Gasteiger partial charge in [0, 0.05) is 16.3 Å². The zero-order valence-electron chi connectivity index (χ0n) is 12.2. The van der Waals surface area contributed by atoms with Gasteiger partial charge in [-0.3, -0.25) is 0 Å². The van der Waals surface area contributed by atoms with Crippen molar-refractivity contribution in [2.24, 2.45) is 0 Å². The summed E-state index contributed by atoms with van der Waals surface area (Å²) in [5.41, 5.74) is 1.83. The second-order valence-corrected chi connectivity index (χ2v) is 5.62. The summed E-state index contributed by atoms with van der Waals surface area (Å²) in [6.07, 6.45) is 0. The first-order valence-corrected chi connectivity index (χ1v) is 7.64. The molecule has 0 spiro atoms. The number of nitriles is 1. The standard InChI is InChI=1S/C17H18N2OS/c1-3-19-12-13-7-8-17(14(9-13)11-18)21-16-6-4-5-15(10-16)20-2/h4-10,19H,3,12H2,1-2H3. The van der Waals surface area contributed by atoms with Gasteiger partial charge in [-0.2, -0.15) is 5.26 Å². The van der Waals surface area contributed by atoms with E-state index in [1.54, 1.807) is 18.9 Å². The summed E-state index contributed by atoms with van der Waals surface area (Å²) >= 11 is 1.58. The van der Waals surface area contributed by atoms with E-state index >= 15 is 0 Å². The van der Waals surface area contributed by atoms with Crippen molar-refractivity contribution in [1.29, 1.82) is 5.26 Å². The van der Waals surface area contributed by atoms with Crippen molar-refractivity contribution < 1.29 is 4.74 Å². The maximum atomic E-state index is 9.34. The minimum atomic E-state index is 0.707. The molecule has 0 amide bonds. The summed E-state index contributed by atoms with van der Waals surface area (Å²) < 4.78 is 5.23. The Balaban J connectivity index is 2.21. The van der Waals surface area contributed by atoms with E-state index in [-0.39, 0.29) is 0 Å². The Morgan fingerprint density at radius 2 is 2.10 bits per heavy atom. The van der Waals surface area contributed by atoms with Crippen molar-refractivity contribution in [1.82, 2.24) is 5.32 Å². The van der Waals surface area contributed by atoms with Crippen LogP contribution in [0.25, 0.3) is 0 Å². The third-order valence-electron chi connectivity index (χ3n) is 3.01. The average Bonchev–Trinajstić information content (AvgIpc) is 2.54. The van der Waals surface area contributed by atoms with Crippen LogP contribution in [0.2, 0.25) is 0 Å². The lowest BCUT2D eigenvalue weighted by atomic mass is 10.1. The molecule has 4 heteroatoms. The minimum absolute atomic E-state index is 0.707. The first-order chi connectivity index (χ1) is 10.3. The highest BCUT2D eigenvalue weighted by Crippen LogP contribution is 2.32. The molecular formula is C17H18N2OS. The third-order valence-corrected chi connectivity index (χ3v) is 4.08. The summed E-state index contributed by atoms with van der Waals surface area (Å²) in [5, 5.41) is 12.6. The van der Waals surface area contributed by atoms with Crippen LogP contribution in [0.4, 0.5) is 0 Å². The van der Waals surface area contributed by atoms with E-state index in [9.17, 15) is 5.26 Å². The Morgan fingerprint density at radius 3 is 2.81 bits per heavy atom. The Bertz CT molecular complexity index is 649. The lowest BCUT2D eigenvalue weighted by Gasteiger charge is -2.08. The summed E-state index contributed by atoms with van der Waals surface area (Å²) in [6.45, 7) is 3.77. The molecule has 0 aromatic heterocycles. The van der Waals surface area contributed by atoms with E-state index in [1.807, 2.05) is 36.4 Å². The smallest absolute Gasteiger partial charge is 0.119 e. The number of rotatable bonds is 6. The van der Waals surface area contributed by atoms with Gasteiger partial charge in [-0.1, -0.05) is 30.8 Å². The van der Waals surface area contributed by atoms with Crippen LogP contribution in [-0.4, -0.2) is 13.7 Å². The average molecular weight is 298 g/mol. The molecule has 108 valence electrons. The highest BCUT2D eigenvalue weighted by Gasteiger charge is 2.06. The van der Waals surface area contributed by atoms with Crippen LogP contribution in [0.15, 0.2) is 52.3 Å². The fraction of sp³-hybridized carbons (Fsp3) is 0.235. The fourth-order valence-corrected chi connectivity index (χ4v) is 2.85. The van der Waals surface area contributed by atoms with Gasteiger partial charge in [0.15, 0.2) is 0 Å². The first kappa shape index (κ1) is 15.4. The molecule has 21 heavy (non-hydrogen) atoms. The lowest BCUT2D eigenvalue weighted by Crippen LogP contribution is -2.11. The van der Waals surface area contributed by atoms with Gasteiger partial charge in [0.25, 0.3) is 0 Å². The SMILES string of the molecule is CCNCc1ccc(Sc2cccc(OC)c2)c(C#N)c1. The second kappa shape index (κ2) is 7.72. The number of nitrogens with zero attached hydrogens (tertiary/aromatic N) is 1. The Labute approximate surface area is 129 Å². The van der Waals surface area contributed by atoms with Gasteiger partial charge in [-0.25, -0.2) is 0 Å². The molecule has 0 fully saturated rings. The molecule has 0 bridgehead atoms. The number of benzene rings is 2. The van der Waals surface area contributed by atoms with E-state index in [2.05, 4.69) is 24.4 Å². The topological polar surface area (TPSA) is 45.0 Å². The Hall–Kier alpha value is -1.96. The number of nitrogens with one attached hydrogen (secondary N) is 1. The molecule has 0 radical (unpaired) electrons. The van der Waals surface area contributed by atoms with Crippen molar-refractivity contribution in [2.75, 3.05) is 13.7 Å². The highest BCUT2D eigenvalue weighted by atomic mass is 32.2. The molecule has 3 nitrogen and oxygen atoms in total. The maximum Gasteiger partial charge on any atom is 0.119 e. The molecule has 0 heterocycles. The van der Waals surface area contributed by atoms with Gasteiger partial charge in [0.2, 0.25) is 0 Å². The van der Waals surface area contributed by atoms with Gasteiger partial charge in [0.05, 0.1) is 12.7 Å². The van der Waals surface area contributed by atoms with Crippen LogP contribution < -0.4 is 10.1 Å². The summed E-state index contributed by atoms with van der Waals surface area (Å²) in [4.78, 5) is 2.02. The number of methoxy groups -OCH3 is 1. The molecule has 2 rings (SSSR count). The Kier molecular flexibility index (Phi) is 5.68. The number of hydrogen-bond donors (Lipinski definition) is 1. The molecule has 0 aliphatic carbocycles. The Morgan fingerprint density at radius 1 is 1.24 bits per heavy atom. The van der Waals surface area contributed by atoms with Gasteiger partial charge >= 0.3 is 0 Å². The molecule has 2 aromatic rings. The van der Waals surface area contributed by atoms with Crippen LogP contribution in [-0.2, 0) is 6.54 Å². The minimum Gasteiger partial charge on any atom is -0.497 e. The van der Waals surface area contributed by atoms with E-state index in [0.717, 1.165) is 34.2 Å². The van der Waals surface area contributed by atoms with E-state index < -0.39 is 0 Å². The van der Waals surface area contributed by atoms with Gasteiger partial charge in [-0.15, -0.1) is 0 Å². The summed E-state index contributed by atoms with van der Waals surface area (Å²) in [7, 11) is 1.65.